The number of benzene rings is 1. The van der Waals surface area contributed by atoms with E-state index >= 15 is 4.39 Å². The fraction of sp³-hybridized carbons (Fsp3) is 0.372. The Morgan fingerprint density at radius 3 is 2.43 bits per heavy atom. The highest BCUT2D eigenvalue weighted by molar-refractivity contribution is 6.13. The predicted octanol–water partition coefficient (Wildman–Crippen LogP) is 3.32. The van der Waals surface area contributed by atoms with Crippen LogP contribution < -0.4 is 21.5 Å². The summed E-state index contributed by atoms with van der Waals surface area (Å²) in [6.07, 6.45) is 5.79. The van der Waals surface area contributed by atoms with Crippen LogP contribution in [-0.2, 0) is 58.7 Å². The third-order valence-electron chi connectivity index (χ3n) is 11.3. The van der Waals surface area contributed by atoms with Crippen molar-refractivity contribution < 1.29 is 43.0 Å². The average molecular weight is 822 g/mol. The van der Waals surface area contributed by atoms with E-state index < -0.39 is 52.8 Å². The molecule has 0 spiro atoms. The normalized spacial score (nSPS) is 17.6. The molecule has 0 fully saturated rings. The second kappa shape index (κ2) is 16.2. The molecule has 3 aromatic heterocycles. The quantitative estimate of drug-likeness (QED) is 0.0419. The van der Waals surface area contributed by atoms with Gasteiger partial charge in [-0.3, -0.25) is 38.7 Å². The molecule has 312 valence electrons. The summed E-state index contributed by atoms with van der Waals surface area (Å²) in [6.45, 7) is 10.5. The van der Waals surface area contributed by atoms with E-state index in [0.717, 1.165) is 10.5 Å². The number of rotatable bonds is 14. The lowest BCUT2D eigenvalue weighted by Gasteiger charge is -2.31. The Hall–Kier alpha value is -6.62. The van der Waals surface area contributed by atoms with Crippen LogP contribution in [0, 0.1) is 5.82 Å². The molecule has 5 amide bonds. The molecule has 0 saturated heterocycles. The number of carbonyl (C=O) groups is 6. The van der Waals surface area contributed by atoms with Crippen molar-refractivity contribution in [1.82, 2.24) is 30.1 Å². The van der Waals surface area contributed by atoms with Crippen molar-refractivity contribution in [2.24, 2.45) is 0 Å². The third kappa shape index (κ3) is 7.33. The zero-order valence-corrected chi connectivity index (χ0v) is 33.6. The number of aryl methyl sites for hydroxylation is 1. The number of pyridine rings is 3. The average Bonchev–Trinajstić information content (AvgIpc) is 3.75. The predicted molar refractivity (Wildman–Crippen MR) is 216 cm³/mol. The van der Waals surface area contributed by atoms with Gasteiger partial charge in [0.15, 0.2) is 11.4 Å². The molecular weight excluding hydrogens is 778 g/mol. The highest BCUT2D eigenvalue weighted by atomic mass is 19.1. The fourth-order valence-corrected chi connectivity index (χ4v) is 8.03. The molecule has 60 heavy (non-hydrogen) atoms. The van der Waals surface area contributed by atoms with Crippen molar-refractivity contribution in [1.29, 1.82) is 0 Å². The zero-order valence-electron chi connectivity index (χ0n) is 33.6. The molecule has 3 atom stereocenters. The Kier molecular flexibility index (Phi) is 11.2. The number of halogens is 1. The summed E-state index contributed by atoms with van der Waals surface area (Å²) in [5.41, 5.74) is 1.04. The SMILES string of the molecule is C=C(C)[C@H](NC(=O)CCCCCN1C(=O)C=CC1=O)C(=O)N[C@@H](C)C(=O)Nc1cnc2c(F)cc3nc4c(c(CC)c3c2c1)Cn1c-4cc2c(c1=O)COC(=O)[C@]2(O)CC. The summed E-state index contributed by atoms with van der Waals surface area (Å²) in [6, 6.07) is 2.21. The van der Waals surface area contributed by atoms with E-state index in [2.05, 4.69) is 27.5 Å². The lowest BCUT2D eigenvalue weighted by molar-refractivity contribution is -0.172. The largest absolute Gasteiger partial charge is 0.458 e. The van der Waals surface area contributed by atoms with Gasteiger partial charge in [-0.1, -0.05) is 26.8 Å². The van der Waals surface area contributed by atoms with Crippen LogP contribution in [0.5, 0.6) is 0 Å². The van der Waals surface area contributed by atoms with Crippen molar-refractivity contribution in [2.45, 2.75) is 97.1 Å². The molecule has 1 aromatic carbocycles. The van der Waals surface area contributed by atoms with Crippen LogP contribution in [0.4, 0.5) is 10.1 Å². The summed E-state index contributed by atoms with van der Waals surface area (Å²) < 4.78 is 22.4. The molecule has 6 heterocycles. The first-order valence-corrected chi connectivity index (χ1v) is 19.8. The first-order valence-electron chi connectivity index (χ1n) is 19.8. The van der Waals surface area contributed by atoms with Gasteiger partial charge in [0.05, 0.1) is 40.9 Å². The van der Waals surface area contributed by atoms with Crippen LogP contribution in [0.3, 0.4) is 0 Å². The van der Waals surface area contributed by atoms with E-state index in [0.29, 0.717) is 59.0 Å². The number of esters is 1. The second-order valence-corrected chi connectivity index (χ2v) is 15.3. The van der Waals surface area contributed by atoms with Gasteiger partial charge in [-0.25, -0.2) is 14.2 Å². The smallest absolute Gasteiger partial charge is 0.343 e. The Morgan fingerprint density at radius 1 is 1.02 bits per heavy atom. The number of anilines is 1. The van der Waals surface area contributed by atoms with E-state index in [9.17, 15) is 38.7 Å². The molecule has 3 aliphatic rings. The second-order valence-electron chi connectivity index (χ2n) is 15.3. The highest BCUT2D eigenvalue weighted by Crippen LogP contribution is 2.42. The van der Waals surface area contributed by atoms with Crippen molar-refractivity contribution in [3.05, 3.63) is 87.1 Å². The standard InChI is InChI=1S/C43H44FN7O9/c1-6-24-26-19-51-31(16-28-27(41(51)57)20-60-42(58)43(28,59)7-2)38(26)48-30-17-29(44)37-25(35(24)30)15-23(18-45-37)47-39(55)22(5)46-40(56)36(21(3)4)49-32(52)11-9-8-10-14-50-33(53)12-13-34(50)54/h12-13,15-18,22,36,59H,3,6-11,14,19-20H2,1-2,4-5H3,(H,46,56)(H,47,55)(H,49,52)/t22-,36-,43-/m0/s1. The number of nitrogens with one attached hydrogen (secondary N) is 3. The number of carbonyl (C=O) groups excluding carboxylic acids is 6. The maximum absolute atomic E-state index is 15.7. The Morgan fingerprint density at radius 2 is 1.75 bits per heavy atom. The van der Waals surface area contributed by atoms with Crippen LogP contribution in [0.1, 0.15) is 82.1 Å². The van der Waals surface area contributed by atoms with Gasteiger partial charge < -0.3 is 30.4 Å². The minimum absolute atomic E-state index is 0.0151. The molecular formula is C43H44FN7O9. The number of amides is 5. The lowest BCUT2D eigenvalue weighted by Crippen LogP contribution is -2.52. The van der Waals surface area contributed by atoms with Gasteiger partial charge in [-0.2, -0.15) is 0 Å². The summed E-state index contributed by atoms with van der Waals surface area (Å²) in [5, 5.41) is 20.2. The summed E-state index contributed by atoms with van der Waals surface area (Å²) in [4.78, 5) is 99.6. The van der Waals surface area contributed by atoms with Crippen molar-refractivity contribution in [3.63, 3.8) is 0 Å². The number of hydrogen-bond acceptors (Lipinski definition) is 11. The van der Waals surface area contributed by atoms with Crippen molar-refractivity contribution in [3.8, 4) is 11.4 Å². The topological polar surface area (TPSA) is 219 Å². The lowest BCUT2D eigenvalue weighted by atomic mass is 9.86. The van der Waals surface area contributed by atoms with Gasteiger partial charge in [-0.05, 0) is 62.8 Å². The minimum atomic E-state index is -2.00. The maximum Gasteiger partial charge on any atom is 0.343 e. The molecule has 4 N–H and O–H groups in total. The maximum atomic E-state index is 15.7. The van der Waals surface area contributed by atoms with E-state index in [1.165, 1.54) is 35.9 Å². The number of aliphatic hydroxyl groups is 1. The molecule has 4 aromatic rings. The van der Waals surface area contributed by atoms with Gasteiger partial charge >= 0.3 is 5.97 Å². The first-order chi connectivity index (χ1) is 28.6. The number of unbranched alkanes of at least 4 members (excludes halogenated alkanes) is 2. The molecule has 0 aliphatic carbocycles. The van der Waals surface area contributed by atoms with Gasteiger partial charge in [0.25, 0.3) is 17.4 Å². The number of ether oxygens (including phenoxy) is 1. The van der Waals surface area contributed by atoms with Gasteiger partial charge in [0.2, 0.25) is 17.7 Å². The number of cyclic esters (lactones) is 1. The molecule has 0 saturated carbocycles. The monoisotopic (exact) mass is 821 g/mol. The summed E-state index contributed by atoms with van der Waals surface area (Å²) in [7, 11) is 0. The van der Waals surface area contributed by atoms with Crippen LogP contribution in [-0.4, -0.2) is 78.7 Å². The van der Waals surface area contributed by atoms with Crippen molar-refractivity contribution in [2.75, 3.05) is 11.9 Å². The molecule has 0 unspecified atom stereocenters. The highest BCUT2D eigenvalue weighted by Gasteiger charge is 2.45. The van der Waals surface area contributed by atoms with E-state index in [4.69, 9.17) is 9.72 Å². The van der Waals surface area contributed by atoms with Crippen LogP contribution in [0.15, 0.2) is 53.5 Å². The van der Waals surface area contributed by atoms with E-state index in [1.807, 2.05) is 6.92 Å². The Bertz CT molecular complexity index is 2640. The van der Waals surface area contributed by atoms with Crippen LogP contribution in [0.2, 0.25) is 0 Å². The Labute approximate surface area is 342 Å². The zero-order chi connectivity index (χ0) is 43.2. The number of aromatic nitrogens is 3. The summed E-state index contributed by atoms with van der Waals surface area (Å²) >= 11 is 0. The molecule has 3 aliphatic heterocycles. The van der Waals surface area contributed by atoms with Crippen molar-refractivity contribution >= 4 is 63.0 Å². The molecule has 0 bridgehead atoms. The molecule has 7 rings (SSSR count). The number of nitrogens with zero attached hydrogens (tertiary/aromatic N) is 4. The van der Waals surface area contributed by atoms with E-state index in [1.54, 1.807) is 26.0 Å². The summed E-state index contributed by atoms with van der Waals surface area (Å²) in [5.74, 6) is -3.93. The number of hydrogen-bond donors (Lipinski definition) is 4. The Balaban J connectivity index is 1.07. The van der Waals surface area contributed by atoms with E-state index in [-0.39, 0.29) is 72.2 Å². The molecule has 16 nitrogen and oxygen atoms in total. The van der Waals surface area contributed by atoms with Crippen LogP contribution in [0.25, 0.3) is 33.2 Å². The molecule has 17 heteroatoms. The molecule has 0 radical (unpaired) electrons. The van der Waals surface area contributed by atoms with Crippen LogP contribution >= 0.6 is 0 Å². The van der Waals surface area contributed by atoms with Gasteiger partial charge in [0.1, 0.15) is 24.2 Å². The fourth-order valence-electron chi connectivity index (χ4n) is 8.03. The minimum Gasteiger partial charge on any atom is -0.458 e. The van der Waals surface area contributed by atoms with Gasteiger partial charge in [0, 0.05) is 53.1 Å². The number of fused-ring (bicyclic) bond motifs is 7. The first kappa shape index (κ1) is 41.5. The third-order valence-corrected chi connectivity index (χ3v) is 11.3. The van der Waals surface area contributed by atoms with Gasteiger partial charge in [-0.15, -0.1) is 0 Å². The number of imide groups is 1.